The second-order valence-electron chi connectivity index (χ2n) is 8.40. The monoisotopic (exact) mass is 285 g/mol. The van der Waals surface area contributed by atoms with Crippen LogP contribution in [0.2, 0.25) is 0 Å². The molecule has 1 aliphatic heterocycles. The molecule has 3 nitrogen and oxygen atoms in total. The molecule has 0 aromatic heterocycles. The molecule has 0 aromatic carbocycles. The van der Waals surface area contributed by atoms with Gasteiger partial charge in [-0.25, -0.2) is 8.42 Å². The first-order valence-electron chi connectivity index (χ1n) is 7.55. The Kier molecular flexibility index (Phi) is 2.74. The molecule has 3 fully saturated rings. The van der Waals surface area contributed by atoms with E-state index in [2.05, 4.69) is 33.0 Å². The lowest BCUT2D eigenvalue weighted by Crippen LogP contribution is -2.59. The van der Waals surface area contributed by atoms with E-state index in [1.165, 1.54) is 19.3 Å². The number of fused-ring (bicyclic) bond motifs is 2. The molecule has 3 aliphatic rings. The Bertz CT molecular complexity index is 494. The van der Waals surface area contributed by atoms with Gasteiger partial charge < -0.3 is 5.32 Å². The lowest BCUT2D eigenvalue weighted by molar-refractivity contribution is 0.0845. The van der Waals surface area contributed by atoms with Gasteiger partial charge in [0.2, 0.25) is 0 Å². The third kappa shape index (κ3) is 2.06. The molecule has 110 valence electrons. The van der Waals surface area contributed by atoms with Crippen molar-refractivity contribution < 1.29 is 8.42 Å². The molecule has 2 saturated carbocycles. The van der Waals surface area contributed by atoms with Gasteiger partial charge in [0.1, 0.15) is 0 Å². The first kappa shape index (κ1) is 13.9. The van der Waals surface area contributed by atoms with Gasteiger partial charge in [-0.05, 0) is 49.4 Å². The zero-order valence-electron chi connectivity index (χ0n) is 12.6. The molecule has 1 N–H and O–H groups in total. The van der Waals surface area contributed by atoms with Crippen molar-refractivity contribution in [3.05, 3.63) is 0 Å². The van der Waals surface area contributed by atoms with Crippen molar-refractivity contribution in [1.29, 1.82) is 0 Å². The SMILES string of the molecule is CC1(NC2C3(C)CCC(C3)C2(C)C)CCS(=O)(=O)C1. The maximum atomic E-state index is 11.8. The van der Waals surface area contributed by atoms with Crippen molar-refractivity contribution in [2.24, 2.45) is 16.7 Å². The van der Waals surface area contributed by atoms with Crippen LogP contribution in [0.1, 0.15) is 53.4 Å². The van der Waals surface area contributed by atoms with Gasteiger partial charge in [0.25, 0.3) is 0 Å². The van der Waals surface area contributed by atoms with E-state index >= 15 is 0 Å². The summed E-state index contributed by atoms with van der Waals surface area (Å²) in [4.78, 5) is 0. The number of nitrogens with one attached hydrogen (secondary N) is 1. The van der Waals surface area contributed by atoms with Crippen LogP contribution in [0.25, 0.3) is 0 Å². The third-order valence-corrected chi connectivity index (χ3v) is 8.17. The smallest absolute Gasteiger partial charge is 0.152 e. The Labute approximate surface area is 117 Å². The van der Waals surface area contributed by atoms with Crippen molar-refractivity contribution in [1.82, 2.24) is 5.32 Å². The van der Waals surface area contributed by atoms with Gasteiger partial charge in [-0.3, -0.25) is 0 Å². The Hall–Kier alpha value is -0.0900. The minimum absolute atomic E-state index is 0.214. The maximum Gasteiger partial charge on any atom is 0.152 e. The summed E-state index contributed by atoms with van der Waals surface area (Å²) in [6.07, 6.45) is 4.71. The summed E-state index contributed by atoms with van der Waals surface area (Å²) >= 11 is 0. The quantitative estimate of drug-likeness (QED) is 0.847. The predicted molar refractivity (Wildman–Crippen MR) is 77.8 cm³/mol. The van der Waals surface area contributed by atoms with Gasteiger partial charge in [-0.2, -0.15) is 0 Å². The molecular formula is C15H27NO2S. The van der Waals surface area contributed by atoms with Crippen LogP contribution in [-0.2, 0) is 9.84 Å². The van der Waals surface area contributed by atoms with Crippen LogP contribution in [0.4, 0.5) is 0 Å². The van der Waals surface area contributed by atoms with Gasteiger partial charge >= 0.3 is 0 Å². The van der Waals surface area contributed by atoms with Gasteiger partial charge in [0, 0.05) is 11.6 Å². The Morgan fingerprint density at radius 1 is 1.11 bits per heavy atom. The maximum absolute atomic E-state index is 11.8. The molecule has 4 atom stereocenters. The molecule has 2 bridgehead atoms. The summed E-state index contributed by atoms with van der Waals surface area (Å²) < 4.78 is 23.6. The van der Waals surface area contributed by atoms with E-state index in [-0.39, 0.29) is 5.54 Å². The summed E-state index contributed by atoms with van der Waals surface area (Å²) in [6, 6.07) is 0.456. The topological polar surface area (TPSA) is 46.2 Å². The average Bonchev–Trinajstić information content (AvgIpc) is 2.82. The summed E-state index contributed by atoms with van der Waals surface area (Å²) in [5, 5.41) is 3.79. The van der Waals surface area contributed by atoms with E-state index in [4.69, 9.17) is 0 Å². The number of rotatable bonds is 2. The second kappa shape index (κ2) is 3.76. The lowest BCUT2D eigenvalue weighted by atomic mass is 9.67. The molecule has 19 heavy (non-hydrogen) atoms. The molecule has 0 amide bonds. The Morgan fingerprint density at radius 3 is 2.26 bits per heavy atom. The van der Waals surface area contributed by atoms with Crippen LogP contribution in [0.5, 0.6) is 0 Å². The van der Waals surface area contributed by atoms with Crippen LogP contribution in [-0.4, -0.2) is 31.5 Å². The van der Waals surface area contributed by atoms with Crippen molar-refractivity contribution in [2.45, 2.75) is 65.0 Å². The largest absolute Gasteiger partial charge is 0.307 e. The van der Waals surface area contributed by atoms with Gasteiger partial charge in [0.05, 0.1) is 11.5 Å². The summed E-state index contributed by atoms with van der Waals surface area (Å²) in [5.74, 6) is 1.47. The summed E-state index contributed by atoms with van der Waals surface area (Å²) in [6.45, 7) is 9.23. The molecule has 4 unspecified atom stereocenters. The molecule has 0 radical (unpaired) electrons. The second-order valence-corrected chi connectivity index (χ2v) is 10.6. The zero-order valence-corrected chi connectivity index (χ0v) is 13.4. The molecule has 1 saturated heterocycles. The number of hydrogen-bond donors (Lipinski definition) is 1. The fourth-order valence-electron chi connectivity index (χ4n) is 5.14. The van der Waals surface area contributed by atoms with Crippen LogP contribution >= 0.6 is 0 Å². The van der Waals surface area contributed by atoms with Crippen molar-refractivity contribution in [3.8, 4) is 0 Å². The summed E-state index contributed by atoms with van der Waals surface area (Å²) in [5.41, 5.74) is 0.445. The van der Waals surface area contributed by atoms with E-state index in [9.17, 15) is 8.42 Å². The van der Waals surface area contributed by atoms with Gasteiger partial charge in [-0.15, -0.1) is 0 Å². The minimum atomic E-state index is -2.83. The average molecular weight is 285 g/mol. The van der Waals surface area contributed by atoms with Gasteiger partial charge in [-0.1, -0.05) is 20.8 Å². The van der Waals surface area contributed by atoms with Crippen LogP contribution < -0.4 is 5.32 Å². The highest BCUT2D eigenvalue weighted by Crippen LogP contribution is 2.62. The highest BCUT2D eigenvalue weighted by Gasteiger charge is 2.60. The summed E-state index contributed by atoms with van der Waals surface area (Å²) in [7, 11) is -2.83. The Morgan fingerprint density at radius 2 is 1.79 bits per heavy atom. The third-order valence-electron chi connectivity index (χ3n) is 6.27. The highest BCUT2D eigenvalue weighted by atomic mass is 32.2. The van der Waals surface area contributed by atoms with E-state index in [1.54, 1.807) is 0 Å². The number of hydrogen-bond acceptors (Lipinski definition) is 3. The van der Waals surface area contributed by atoms with E-state index in [0.717, 1.165) is 12.3 Å². The van der Waals surface area contributed by atoms with Crippen molar-refractivity contribution in [2.75, 3.05) is 11.5 Å². The van der Waals surface area contributed by atoms with Gasteiger partial charge in [0.15, 0.2) is 9.84 Å². The molecule has 3 rings (SSSR count). The van der Waals surface area contributed by atoms with Crippen LogP contribution in [0.3, 0.4) is 0 Å². The van der Waals surface area contributed by atoms with E-state index < -0.39 is 9.84 Å². The zero-order chi connectivity index (χ0) is 14.1. The highest BCUT2D eigenvalue weighted by molar-refractivity contribution is 7.91. The normalized spacial score (nSPS) is 50.7. The molecule has 0 spiro atoms. The first-order valence-corrected chi connectivity index (χ1v) is 9.37. The van der Waals surface area contributed by atoms with E-state index in [0.29, 0.717) is 28.4 Å². The fraction of sp³-hybridized carbons (Fsp3) is 1.00. The molecule has 1 heterocycles. The van der Waals surface area contributed by atoms with Crippen LogP contribution in [0.15, 0.2) is 0 Å². The fourth-order valence-corrected chi connectivity index (χ4v) is 7.24. The van der Waals surface area contributed by atoms with E-state index in [1.807, 2.05) is 0 Å². The van der Waals surface area contributed by atoms with Crippen molar-refractivity contribution >= 4 is 9.84 Å². The Balaban J connectivity index is 1.84. The first-order chi connectivity index (χ1) is 8.57. The standard InChI is InChI=1S/C15H27NO2S/c1-13(2)11-5-6-14(3,9-11)12(13)16-15(4)7-8-19(17,18)10-15/h11-12,16H,5-10H2,1-4H3. The molecule has 2 aliphatic carbocycles. The van der Waals surface area contributed by atoms with Crippen LogP contribution in [0, 0.1) is 16.7 Å². The minimum Gasteiger partial charge on any atom is -0.307 e. The molecule has 4 heteroatoms. The van der Waals surface area contributed by atoms with Crippen molar-refractivity contribution in [3.63, 3.8) is 0 Å². The number of sulfone groups is 1. The molecule has 0 aromatic rings. The lowest BCUT2D eigenvalue weighted by Gasteiger charge is -2.47. The molecular weight excluding hydrogens is 258 g/mol. The predicted octanol–water partition coefficient (Wildman–Crippen LogP) is 2.37.